The van der Waals surface area contributed by atoms with Gasteiger partial charge in [0.25, 0.3) is 0 Å². The van der Waals surface area contributed by atoms with Crippen molar-refractivity contribution in [3.63, 3.8) is 0 Å². The molecule has 0 aliphatic rings. The number of amides is 1. The van der Waals surface area contributed by atoms with Gasteiger partial charge in [-0.05, 0) is 26.7 Å². The van der Waals surface area contributed by atoms with Crippen molar-refractivity contribution in [1.82, 2.24) is 9.78 Å². The number of aromatic nitrogens is 2. The number of carbonyl (C=O) groups is 1. The van der Waals surface area contributed by atoms with E-state index in [2.05, 4.69) is 10.4 Å². The lowest BCUT2D eigenvalue weighted by molar-refractivity contribution is -0.116. The molecular formula is C11H18ClN3O. The number of halogens is 1. The Hall–Kier alpha value is -1.03. The van der Waals surface area contributed by atoms with Crippen LogP contribution in [0.3, 0.4) is 0 Å². The molecule has 1 N–H and O–H groups in total. The Kier molecular flexibility index (Phi) is 5.32. The molecule has 1 heterocycles. The number of unbranched alkanes of at least 4 members (excludes halogenated alkanes) is 1. The van der Waals surface area contributed by atoms with Crippen molar-refractivity contribution in [3.05, 3.63) is 12.3 Å². The summed E-state index contributed by atoms with van der Waals surface area (Å²) in [5.41, 5.74) is 0. The van der Waals surface area contributed by atoms with Crippen molar-refractivity contribution in [3.8, 4) is 0 Å². The Morgan fingerprint density at radius 3 is 2.94 bits per heavy atom. The van der Waals surface area contributed by atoms with E-state index in [0.717, 1.165) is 18.7 Å². The molecule has 0 fully saturated rings. The first kappa shape index (κ1) is 13.0. The largest absolute Gasteiger partial charge is 0.311 e. The summed E-state index contributed by atoms with van der Waals surface area (Å²) in [6, 6.07) is 2.05. The van der Waals surface area contributed by atoms with Crippen LogP contribution >= 0.6 is 11.6 Å². The molecule has 1 amide bonds. The quantitative estimate of drug-likeness (QED) is 0.617. The zero-order valence-corrected chi connectivity index (χ0v) is 10.5. The predicted molar refractivity (Wildman–Crippen MR) is 65.8 cm³/mol. The maximum Gasteiger partial charge on any atom is 0.225 e. The molecule has 4 nitrogen and oxygen atoms in total. The molecule has 0 aromatic carbocycles. The zero-order valence-electron chi connectivity index (χ0n) is 9.74. The van der Waals surface area contributed by atoms with Crippen LogP contribution in [0.2, 0.25) is 0 Å². The van der Waals surface area contributed by atoms with E-state index in [1.807, 2.05) is 13.8 Å². The minimum Gasteiger partial charge on any atom is -0.311 e. The molecule has 1 aromatic heterocycles. The van der Waals surface area contributed by atoms with Crippen LogP contribution in [0.1, 0.15) is 39.2 Å². The number of nitrogens with one attached hydrogen (secondary N) is 1. The van der Waals surface area contributed by atoms with Gasteiger partial charge in [0.2, 0.25) is 5.91 Å². The minimum absolute atomic E-state index is 0.0208. The topological polar surface area (TPSA) is 46.9 Å². The second kappa shape index (κ2) is 6.53. The highest BCUT2D eigenvalue weighted by molar-refractivity contribution is 6.17. The van der Waals surface area contributed by atoms with E-state index in [9.17, 15) is 4.79 Å². The molecule has 0 atom stereocenters. The molecule has 16 heavy (non-hydrogen) atoms. The standard InChI is InChI=1S/C11H18ClN3O/c1-9(2)15-10(6-8-13-15)14-11(16)5-3-4-7-12/h6,8-9H,3-5,7H2,1-2H3,(H,14,16). The van der Waals surface area contributed by atoms with Gasteiger partial charge in [0, 0.05) is 24.4 Å². The molecule has 5 heteroatoms. The van der Waals surface area contributed by atoms with Gasteiger partial charge in [-0.3, -0.25) is 4.79 Å². The summed E-state index contributed by atoms with van der Waals surface area (Å²) in [6.45, 7) is 4.05. The number of rotatable bonds is 6. The van der Waals surface area contributed by atoms with Crippen LogP contribution in [0.15, 0.2) is 12.3 Å². The average molecular weight is 244 g/mol. The smallest absolute Gasteiger partial charge is 0.225 e. The Balaban J connectivity index is 2.46. The van der Waals surface area contributed by atoms with Gasteiger partial charge in [-0.1, -0.05) is 0 Å². The summed E-state index contributed by atoms with van der Waals surface area (Å²) in [6.07, 6.45) is 3.90. The fraction of sp³-hybridized carbons (Fsp3) is 0.636. The van der Waals surface area contributed by atoms with E-state index in [4.69, 9.17) is 11.6 Å². The first-order valence-corrected chi connectivity index (χ1v) is 6.08. The summed E-state index contributed by atoms with van der Waals surface area (Å²) >= 11 is 5.55. The van der Waals surface area contributed by atoms with Gasteiger partial charge in [-0.2, -0.15) is 5.10 Å². The molecule has 0 saturated heterocycles. The number of nitrogens with zero attached hydrogens (tertiary/aromatic N) is 2. The van der Waals surface area contributed by atoms with E-state index in [0.29, 0.717) is 12.3 Å². The van der Waals surface area contributed by atoms with Crippen LogP contribution in [-0.4, -0.2) is 21.6 Å². The summed E-state index contributed by atoms with van der Waals surface area (Å²) in [5, 5.41) is 7.00. The molecule has 0 saturated carbocycles. The normalized spacial score (nSPS) is 10.8. The highest BCUT2D eigenvalue weighted by atomic mass is 35.5. The first-order valence-electron chi connectivity index (χ1n) is 5.54. The van der Waals surface area contributed by atoms with Gasteiger partial charge in [0.1, 0.15) is 5.82 Å². The monoisotopic (exact) mass is 243 g/mol. The van der Waals surface area contributed by atoms with Crippen molar-refractivity contribution in [1.29, 1.82) is 0 Å². The molecule has 0 unspecified atom stereocenters. The SMILES string of the molecule is CC(C)n1nccc1NC(=O)CCCCCl. The van der Waals surface area contributed by atoms with E-state index in [1.54, 1.807) is 16.9 Å². The van der Waals surface area contributed by atoms with Crippen molar-refractivity contribution < 1.29 is 4.79 Å². The Labute approximate surface area is 101 Å². The second-order valence-corrected chi connectivity index (χ2v) is 4.33. The van der Waals surface area contributed by atoms with Crippen LogP contribution in [0.25, 0.3) is 0 Å². The summed E-state index contributed by atoms with van der Waals surface area (Å²) < 4.78 is 1.79. The number of anilines is 1. The summed E-state index contributed by atoms with van der Waals surface area (Å²) in [7, 11) is 0. The molecule has 1 aromatic rings. The summed E-state index contributed by atoms with van der Waals surface area (Å²) in [5.74, 6) is 1.38. The fourth-order valence-electron chi connectivity index (χ4n) is 1.41. The lowest BCUT2D eigenvalue weighted by Crippen LogP contribution is -2.16. The van der Waals surface area contributed by atoms with Gasteiger partial charge >= 0.3 is 0 Å². The van der Waals surface area contributed by atoms with E-state index >= 15 is 0 Å². The lowest BCUT2D eigenvalue weighted by Gasteiger charge is -2.11. The molecule has 1 rings (SSSR count). The number of alkyl halides is 1. The van der Waals surface area contributed by atoms with Crippen LogP contribution in [0.4, 0.5) is 5.82 Å². The average Bonchev–Trinajstić information content (AvgIpc) is 2.66. The van der Waals surface area contributed by atoms with Crippen LogP contribution in [0, 0.1) is 0 Å². The van der Waals surface area contributed by atoms with Crippen molar-refractivity contribution in [2.24, 2.45) is 0 Å². The van der Waals surface area contributed by atoms with Crippen LogP contribution in [0.5, 0.6) is 0 Å². The van der Waals surface area contributed by atoms with Gasteiger partial charge in [0.05, 0.1) is 6.20 Å². The van der Waals surface area contributed by atoms with Crippen molar-refractivity contribution >= 4 is 23.3 Å². The highest BCUT2D eigenvalue weighted by Gasteiger charge is 2.08. The number of hydrogen-bond acceptors (Lipinski definition) is 2. The van der Waals surface area contributed by atoms with Crippen molar-refractivity contribution in [2.45, 2.75) is 39.2 Å². The highest BCUT2D eigenvalue weighted by Crippen LogP contribution is 2.13. The van der Waals surface area contributed by atoms with E-state index < -0.39 is 0 Å². The number of carbonyl (C=O) groups excluding carboxylic acids is 1. The lowest BCUT2D eigenvalue weighted by atomic mass is 10.2. The van der Waals surface area contributed by atoms with Crippen molar-refractivity contribution in [2.75, 3.05) is 11.2 Å². The second-order valence-electron chi connectivity index (χ2n) is 3.95. The third-order valence-corrected chi connectivity index (χ3v) is 2.48. The summed E-state index contributed by atoms with van der Waals surface area (Å²) in [4.78, 5) is 11.6. The molecule has 0 aliphatic heterocycles. The predicted octanol–water partition coefficient (Wildman–Crippen LogP) is 2.81. The Morgan fingerprint density at radius 2 is 2.31 bits per heavy atom. The maximum absolute atomic E-state index is 11.6. The van der Waals surface area contributed by atoms with E-state index in [1.165, 1.54) is 0 Å². The van der Waals surface area contributed by atoms with Gasteiger partial charge in [-0.15, -0.1) is 11.6 Å². The molecular weight excluding hydrogens is 226 g/mol. The Morgan fingerprint density at radius 1 is 1.56 bits per heavy atom. The van der Waals surface area contributed by atoms with Crippen LogP contribution < -0.4 is 5.32 Å². The zero-order chi connectivity index (χ0) is 12.0. The van der Waals surface area contributed by atoms with Gasteiger partial charge < -0.3 is 5.32 Å². The number of hydrogen-bond donors (Lipinski definition) is 1. The van der Waals surface area contributed by atoms with Crippen LogP contribution in [-0.2, 0) is 4.79 Å². The maximum atomic E-state index is 11.6. The molecule has 0 aliphatic carbocycles. The first-order chi connectivity index (χ1) is 7.65. The molecule has 0 radical (unpaired) electrons. The molecule has 0 bridgehead atoms. The Bertz CT molecular complexity index is 336. The fourth-order valence-corrected chi connectivity index (χ4v) is 1.60. The third-order valence-electron chi connectivity index (χ3n) is 2.21. The molecule has 90 valence electrons. The van der Waals surface area contributed by atoms with Gasteiger partial charge in [0.15, 0.2) is 0 Å². The van der Waals surface area contributed by atoms with E-state index in [-0.39, 0.29) is 11.9 Å². The minimum atomic E-state index is 0.0208. The third kappa shape index (κ3) is 3.85. The molecule has 0 spiro atoms. The van der Waals surface area contributed by atoms with Gasteiger partial charge in [-0.25, -0.2) is 4.68 Å².